The number of aryl methyl sites for hydroxylation is 2. The first-order valence-electron chi connectivity index (χ1n) is 10.2. The van der Waals surface area contributed by atoms with Crippen LogP contribution in [0.3, 0.4) is 0 Å². The second kappa shape index (κ2) is 9.39. The van der Waals surface area contributed by atoms with E-state index in [0.29, 0.717) is 48.9 Å². The zero-order chi connectivity index (χ0) is 22.7. The Kier molecular flexibility index (Phi) is 6.40. The largest absolute Gasteiger partial charge is 0.493 e. The molecule has 1 amide bonds. The molecule has 2 aromatic heterocycles. The Morgan fingerprint density at radius 2 is 2.12 bits per heavy atom. The molecule has 0 unspecified atom stereocenters. The molecule has 1 aliphatic rings. The number of aromatic nitrogens is 4. The summed E-state index contributed by atoms with van der Waals surface area (Å²) in [5.74, 6) is -1.13. The van der Waals surface area contributed by atoms with Crippen molar-refractivity contribution in [2.45, 2.75) is 26.4 Å². The smallest absolute Gasteiger partial charge is 0.257 e. The van der Waals surface area contributed by atoms with Crippen LogP contribution in [0, 0.1) is 25.5 Å². The lowest BCUT2D eigenvalue weighted by Gasteiger charge is -2.32. The van der Waals surface area contributed by atoms with Crippen molar-refractivity contribution in [3.63, 3.8) is 0 Å². The van der Waals surface area contributed by atoms with Crippen molar-refractivity contribution < 1.29 is 23.0 Å². The molecular formula is C22H23F2N5O3. The second-order valence-corrected chi connectivity index (χ2v) is 7.52. The molecule has 3 aromatic rings. The molecule has 168 valence electrons. The fraction of sp³-hybridized carbons (Fsp3) is 0.364. The fourth-order valence-electron chi connectivity index (χ4n) is 3.49. The van der Waals surface area contributed by atoms with Gasteiger partial charge in [-0.3, -0.25) is 9.89 Å². The second-order valence-electron chi connectivity index (χ2n) is 7.52. The minimum Gasteiger partial charge on any atom is -0.493 e. The van der Waals surface area contributed by atoms with Crippen LogP contribution in [0.2, 0.25) is 0 Å². The zero-order valence-electron chi connectivity index (χ0n) is 17.8. The van der Waals surface area contributed by atoms with Crippen LogP contribution in [0.5, 0.6) is 5.75 Å². The molecule has 1 atom stereocenters. The van der Waals surface area contributed by atoms with Gasteiger partial charge >= 0.3 is 0 Å². The van der Waals surface area contributed by atoms with Crippen LogP contribution in [0.4, 0.5) is 8.78 Å². The first-order valence-corrected chi connectivity index (χ1v) is 10.2. The Labute approximate surface area is 183 Å². The molecule has 8 nitrogen and oxygen atoms in total. The average Bonchev–Trinajstić information content (AvgIpc) is 3.25. The molecule has 0 aliphatic carbocycles. The highest BCUT2D eigenvalue weighted by molar-refractivity contribution is 5.95. The van der Waals surface area contributed by atoms with Crippen LogP contribution in [-0.2, 0) is 11.2 Å². The van der Waals surface area contributed by atoms with Crippen LogP contribution in [0.1, 0.15) is 39.4 Å². The Balaban J connectivity index is 1.35. The highest BCUT2D eigenvalue weighted by atomic mass is 19.2. The molecule has 1 fully saturated rings. The van der Waals surface area contributed by atoms with Gasteiger partial charge in [0.25, 0.3) is 5.91 Å². The van der Waals surface area contributed by atoms with Gasteiger partial charge in [0.05, 0.1) is 36.7 Å². The van der Waals surface area contributed by atoms with Gasteiger partial charge in [0.1, 0.15) is 17.7 Å². The Hall–Kier alpha value is -3.40. The zero-order valence-corrected chi connectivity index (χ0v) is 17.8. The van der Waals surface area contributed by atoms with Gasteiger partial charge < -0.3 is 14.4 Å². The van der Waals surface area contributed by atoms with Crippen molar-refractivity contribution in [2.75, 3.05) is 26.3 Å². The Bertz CT molecular complexity index is 1120. The number of rotatable bonds is 6. The summed E-state index contributed by atoms with van der Waals surface area (Å²) in [4.78, 5) is 23.1. The van der Waals surface area contributed by atoms with Crippen molar-refractivity contribution in [1.82, 2.24) is 25.1 Å². The number of nitrogens with zero attached hydrogens (tertiary/aromatic N) is 4. The fourth-order valence-corrected chi connectivity index (χ4v) is 3.49. The molecule has 32 heavy (non-hydrogen) atoms. The SMILES string of the molecule is Cc1ncc(C(=O)N2CCO[C@@H](c3cc(CCOc4ccc(F)c(F)c4)[nH]n3)C2)c(C)n1. The van der Waals surface area contributed by atoms with Gasteiger partial charge in [0, 0.05) is 30.9 Å². The van der Waals surface area contributed by atoms with E-state index in [2.05, 4.69) is 20.2 Å². The molecule has 10 heteroatoms. The van der Waals surface area contributed by atoms with Crippen LogP contribution in [0.15, 0.2) is 30.5 Å². The maximum atomic E-state index is 13.3. The number of carbonyl (C=O) groups excluding carboxylic acids is 1. The summed E-state index contributed by atoms with van der Waals surface area (Å²) in [6.45, 7) is 5.06. The van der Waals surface area contributed by atoms with Gasteiger partial charge in [-0.1, -0.05) is 0 Å². The van der Waals surface area contributed by atoms with Gasteiger partial charge in [-0.25, -0.2) is 18.7 Å². The molecular weight excluding hydrogens is 420 g/mol. The van der Waals surface area contributed by atoms with Gasteiger partial charge in [0.15, 0.2) is 11.6 Å². The number of aromatic amines is 1. The van der Waals surface area contributed by atoms with Crippen LogP contribution >= 0.6 is 0 Å². The maximum absolute atomic E-state index is 13.3. The van der Waals surface area contributed by atoms with Crippen LogP contribution in [0.25, 0.3) is 0 Å². The molecule has 1 N–H and O–H groups in total. The Morgan fingerprint density at radius 1 is 1.28 bits per heavy atom. The molecule has 0 bridgehead atoms. The summed E-state index contributed by atoms with van der Waals surface area (Å²) in [5, 5.41) is 7.24. The van der Waals surface area contributed by atoms with Crippen molar-refractivity contribution in [3.05, 3.63) is 70.6 Å². The normalized spacial score (nSPS) is 16.2. The number of H-pyrrole nitrogens is 1. The number of ether oxygens (including phenoxy) is 2. The Morgan fingerprint density at radius 3 is 2.91 bits per heavy atom. The highest BCUT2D eigenvalue weighted by Gasteiger charge is 2.28. The molecule has 3 heterocycles. The number of carbonyl (C=O) groups is 1. The third-order valence-electron chi connectivity index (χ3n) is 5.20. The summed E-state index contributed by atoms with van der Waals surface area (Å²) in [7, 11) is 0. The summed E-state index contributed by atoms with van der Waals surface area (Å²) in [6.07, 6.45) is 1.68. The van der Waals surface area contributed by atoms with E-state index in [0.717, 1.165) is 17.8 Å². The van der Waals surface area contributed by atoms with E-state index in [1.54, 1.807) is 24.9 Å². The summed E-state index contributed by atoms with van der Waals surface area (Å²) in [5.41, 5.74) is 2.61. The predicted molar refractivity (Wildman–Crippen MR) is 110 cm³/mol. The minimum atomic E-state index is -0.952. The lowest BCUT2D eigenvalue weighted by atomic mass is 10.1. The summed E-state index contributed by atoms with van der Waals surface area (Å²) >= 11 is 0. The molecule has 1 aliphatic heterocycles. The van der Waals surface area contributed by atoms with E-state index >= 15 is 0 Å². The first-order chi connectivity index (χ1) is 15.4. The summed E-state index contributed by atoms with van der Waals surface area (Å²) in [6, 6.07) is 5.26. The van der Waals surface area contributed by atoms with E-state index in [1.807, 2.05) is 6.07 Å². The number of morpholine rings is 1. The summed E-state index contributed by atoms with van der Waals surface area (Å²) < 4.78 is 37.5. The van der Waals surface area contributed by atoms with Crippen molar-refractivity contribution >= 4 is 5.91 Å². The van der Waals surface area contributed by atoms with Gasteiger partial charge in [0.2, 0.25) is 0 Å². The van der Waals surface area contributed by atoms with Crippen molar-refractivity contribution in [1.29, 1.82) is 0 Å². The predicted octanol–water partition coefficient (Wildman–Crippen LogP) is 2.93. The quantitative estimate of drug-likeness (QED) is 0.630. The molecule has 0 radical (unpaired) electrons. The standard InChI is InChI=1S/C22H23F2N5O3/c1-13-17(11-25-14(2)26-13)22(30)29-6-8-32-21(12-29)20-9-15(27-28-20)5-7-31-16-3-4-18(23)19(24)10-16/h3-4,9-11,21H,5-8,12H2,1-2H3,(H,27,28)/t21-/m1/s1. The maximum Gasteiger partial charge on any atom is 0.257 e. The molecule has 0 spiro atoms. The van der Waals surface area contributed by atoms with Crippen LogP contribution in [-0.4, -0.2) is 57.3 Å². The van der Waals surface area contributed by atoms with Gasteiger partial charge in [-0.05, 0) is 32.0 Å². The molecule has 0 saturated carbocycles. The van der Waals surface area contributed by atoms with Crippen LogP contribution < -0.4 is 4.74 Å². The van der Waals surface area contributed by atoms with E-state index in [4.69, 9.17) is 9.47 Å². The number of halogens is 2. The third-order valence-corrected chi connectivity index (χ3v) is 5.20. The van der Waals surface area contributed by atoms with Crippen molar-refractivity contribution in [2.24, 2.45) is 0 Å². The number of hydrogen-bond donors (Lipinski definition) is 1. The number of benzene rings is 1. The number of hydrogen-bond acceptors (Lipinski definition) is 6. The molecule has 1 aromatic carbocycles. The molecule has 4 rings (SSSR count). The highest BCUT2D eigenvalue weighted by Crippen LogP contribution is 2.23. The van der Waals surface area contributed by atoms with Gasteiger partial charge in [-0.15, -0.1) is 0 Å². The number of amides is 1. The van der Waals surface area contributed by atoms with Gasteiger partial charge in [-0.2, -0.15) is 5.10 Å². The first kappa shape index (κ1) is 21.8. The average molecular weight is 443 g/mol. The topological polar surface area (TPSA) is 93.2 Å². The van der Waals surface area contributed by atoms with Crippen molar-refractivity contribution in [3.8, 4) is 5.75 Å². The van der Waals surface area contributed by atoms with E-state index in [-0.39, 0.29) is 24.4 Å². The van der Waals surface area contributed by atoms with E-state index < -0.39 is 11.6 Å². The van der Waals surface area contributed by atoms with E-state index in [9.17, 15) is 13.6 Å². The minimum absolute atomic E-state index is 0.133. The van der Waals surface area contributed by atoms with E-state index in [1.165, 1.54) is 6.07 Å². The lowest BCUT2D eigenvalue weighted by Crippen LogP contribution is -2.42. The lowest BCUT2D eigenvalue weighted by molar-refractivity contribution is -0.0248. The third kappa shape index (κ3) is 4.91. The monoisotopic (exact) mass is 443 g/mol. The number of nitrogens with one attached hydrogen (secondary N) is 1. The molecule has 1 saturated heterocycles.